The zero-order chi connectivity index (χ0) is 22.9. The number of hydrogen-bond donors (Lipinski definition) is 2. The second kappa shape index (κ2) is 9.95. The standard InChI is InChI=1S/C25H33Cl2N5O/c1-16-10-29-25(30-24(16)28-11-18-4-5-21(26)9-23(18)27)32-13-20(14-32)19-3-2-6-31(12-19)22-7-17(8-22)15-33/h4-5,9-10,17,19-20,22,33H,2-3,6-8,11-15H2,1H3,(H,28,29,30). The van der Waals surface area contributed by atoms with Gasteiger partial charge in [0.25, 0.3) is 0 Å². The fourth-order valence-corrected chi connectivity index (χ4v) is 5.96. The highest BCUT2D eigenvalue weighted by molar-refractivity contribution is 6.35. The Balaban J connectivity index is 1.15. The predicted molar refractivity (Wildman–Crippen MR) is 134 cm³/mol. The highest BCUT2D eigenvalue weighted by Crippen LogP contribution is 2.38. The molecule has 3 fully saturated rings. The van der Waals surface area contributed by atoms with Crippen LogP contribution >= 0.6 is 23.2 Å². The van der Waals surface area contributed by atoms with Crippen LogP contribution in [-0.2, 0) is 6.54 Å². The highest BCUT2D eigenvalue weighted by atomic mass is 35.5. The van der Waals surface area contributed by atoms with Crippen LogP contribution in [0.2, 0.25) is 10.0 Å². The van der Waals surface area contributed by atoms with Crippen molar-refractivity contribution >= 4 is 35.0 Å². The minimum absolute atomic E-state index is 0.353. The number of anilines is 2. The molecular weight excluding hydrogens is 457 g/mol. The normalized spacial score (nSPS) is 26.1. The van der Waals surface area contributed by atoms with Crippen molar-refractivity contribution in [1.29, 1.82) is 0 Å². The number of rotatable bonds is 7. The molecule has 1 saturated carbocycles. The first-order chi connectivity index (χ1) is 16.0. The minimum Gasteiger partial charge on any atom is -0.396 e. The van der Waals surface area contributed by atoms with E-state index in [1.165, 1.54) is 38.8 Å². The van der Waals surface area contributed by atoms with E-state index >= 15 is 0 Å². The first kappa shape index (κ1) is 23.2. The molecule has 33 heavy (non-hydrogen) atoms. The van der Waals surface area contributed by atoms with E-state index in [1.807, 2.05) is 25.3 Å². The Hall–Kier alpha value is -1.60. The zero-order valence-electron chi connectivity index (χ0n) is 19.2. The molecule has 1 aromatic heterocycles. The van der Waals surface area contributed by atoms with Crippen molar-refractivity contribution in [2.75, 3.05) is 43.0 Å². The molecule has 1 aliphatic carbocycles. The molecule has 8 heteroatoms. The van der Waals surface area contributed by atoms with E-state index in [9.17, 15) is 5.11 Å². The van der Waals surface area contributed by atoms with Crippen LogP contribution in [0, 0.1) is 24.7 Å². The van der Waals surface area contributed by atoms with Crippen LogP contribution in [0.25, 0.3) is 0 Å². The second-order valence-electron chi connectivity index (χ2n) is 10.0. The van der Waals surface area contributed by atoms with E-state index in [2.05, 4.69) is 20.1 Å². The van der Waals surface area contributed by atoms with Crippen molar-refractivity contribution < 1.29 is 5.11 Å². The van der Waals surface area contributed by atoms with Gasteiger partial charge in [0.1, 0.15) is 5.82 Å². The summed E-state index contributed by atoms with van der Waals surface area (Å²) < 4.78 is 0. The Kier molecular flexibility index (Phi) is 6.98. The van der Waals surface area contributed by atoms with Gasteiger partial charge >= 0.3 is 0 Å². The Labute approximate surface area is 206 Å². The average Bonchev–Trinajstić information content (AvgIpc) is 2.73. The summed E-state index contributed by atoms with van der Waals surface area (Å²) in [4.78, 5) is 14.4. The molecule has 3 aliphatic rings. The minimum atomic E-state index is 0.353. The molecule has 1 atom stereocenters. The Morgan fingerprint density at radius 2 is 1.97 bits per heavy atom. The van der Waals surface area contributed by atoms with E-state index in [0.29, 0.717) is 35.2 Å². The van der Waals surface area contributed by atoms with Gasteiger partial charge in [0.15, 0.2) is 0 Å². The first-order valence-electron chi connectivity index (χ1n) is 12.1. The lowest BCUT2D eigenvalue weighted by atomic mass is 9.76. The van der Waals surface area contributed by atoms with Gasteiger partial charge in [-0.2, -0.15) is 4.98 Å². The summed E-state index contributed by atoms with van der Waals surface area (Å²) in [5.74, 6) is 3.67. The molecule has 5 rings (SSSR count). The number of aromatic nitrogens is 2. The predicted octanol–water partition coefficient (Wildman–Crippen LogP) is 4.62. The van der Waals surface area contributed by atoms with Crippen molar-refractivity contribution in [1.82, 2.24) is 14.9 Å². The van der Waals surface area contributed by atoms with Gasteiger partial charge in [0, 0.05) is 60.6 Å². The number of aliphatic hydroxyl groups excluding tert-OH is 1. The van der Waals surface area contributed by atoms with E-state index in [0.717, 1.165) is 47.8 Å². The maximum Gasteiger partial charge on any atom is 0.227 e. The molecule has 0 bridgehead atoms. The summed E-state index contributed by atoms with van der Waals surface area (Å²) in [5, 5.41) is 14.0. The van der Waals surface area contributed by atoms with Crippen molar-refractivity contribution in [3.05, 3.63) is 45.6 Å². The van der Waals surface area contributed by atoms with E-state index in [1.54, 1.807) is 6.07 Å². The van der Waals surface area contributed by atoms with Gasteiger partial charge in [0.05, 0.1) is 0 Å². The van der Waals surface area contributed by atoms with Gasteiger partial charge < -0.3 is 20.2 Å². The van der Waals surface area contributed by atoms with Crippen molar-refractivity contribution in [3.8, 4) is 0 Å². The summed E-state index contributed by atoms with van der Waals surface area (Å²) in [6, 6.07) is 6.26. The van der Waals surface area contributed by atoms with Gasteiger partial charge in [-0.3, -0.25) is 0 Å². The van der Waals surface area contributed by atoms with Crippen molar-refractivity contribution in [3.63, 3.8) is 0 Å². The van der Waals surface area contributed by atoms with E-state index in [4.69, 9.17) is 28.2 Å². The Morgan fingerprint density at radius 3 is 2.73 bits per heavy atom. The van der Waals surface area contributed by atoms with Crippen molar-refractivity contribution in [2.24, 2.45) is 17.8 Å². The third-order valence-corrected chi connectivity index (χ3v) is 8.34. The van der Waals surface area contributed by atoms with Crippen LogP contribution in [0.15, 0.2) is 24.4 Å². The fraction of sp³-hybridized carbons (Fsp3) is 0.600. The van der Waals surface area contributed by atoms with Crippen LogP contribution < -0.4 is 10.2 Å². The third kappa shape index (κ3) is 5.09. The molecule has 178 valence electrons. The van der Waals surface area contributed by atoms with Crippen LogP contribution in [0.1, 0.15) is 36.8 Å². The number of nitrogens with zero attached hydrogens (tertiary/aromatic N) is 4. The third-order valence-electron chi connectivity index (χ3n) is 7.75. The molecule has 2 saturated heterocycles. The van der Waals surface area contributed by atoms with Crippen molar-refractivity contribution in [2.45, 2.75) is 45.2 Å². The lowest BCUT2D eigenvalue weighted by Crippen LogP contribution is -2.56. The van der Waals surface area contributed by atoms with Gasteiger partial charge in [0.2, 0.25) is 5.95 Å². The van der Waals surface area contributed by atoms with Gasteiger partial charge in [-0.05, 0) is 74.6 Å². The largest absolute Gasteiger partial charge is 0.396 e. The maximum absolute atomic E-state index is 9.33. The van der Waals surface area contributed by atoms with Crippen LogP contribution in [0.3, 0.4) is 0 Å². The van der Waals surface area contributed by atoms with Gasteiger partial charge in [-0.1, -0.05) is 29.3 Å². The number of halogens is 2. The van der Waals surface area contributed by atoms with Crippen LogP contribution in [0.4, 0.5) is 11.8 Å². The Bertz CT molecular complexity index is 977. The summed E-state index contributed by atoms with van der Waals surface area (Å²) in [7, 11) is 0. The molecule has 0 radical (unpaired) electrons. The summed E-state index contributed by atoms with van der Waals surface area (Å²) >= 11 is 12.3. The second-order valence-corrected chi connectivity index (χ2v) is 10.9. The lowest BCUT2D eigenvalue weighted by molar-refractivity contribution is 0.00777. The first-order valence-corrected chi connectivity index (χ1v) is 12.9. The molecular formula is C25H33Cl2N5O. The van der Waals surface area contributed by atoms with E-state index in [-0.39, 0.29) is 0 Å². The molecule has 0 spiro atoms. The molecule has 2 aliphatic heterocycles. The smallest absolute Gasteiger partial charge is 0.227 e. The van der Waals surface area contributed by atoms with Gasteiger partial charge in [-0.25, -0.2) is 4.98 Å². The summed E-state index contributed by atoms with van der Waals surface area (Å²) in [6.07, 6.45) is 6.87. The highest BCUT2D eigenvalue weighted by Gasteiger charge is 2.40. The van der Waals surface area contributed by atoms with Crippen LogP contribution in [0.5, 0.6) is 0 Å². The zero-order valence-corrected chi connectivity index (χ0v) is 20.7. The monoisotopic (exact) mass is 489 g/mol. The lowest BCUT2D eigenvalue weighted by Gasteiger charge is -2.50. The molecule has 1 unspecified atom stereocenters. The number of aliphatic hydroxyl groups is 1. The number of aryl methyl sites for hydroxylation is 1. The van der Waals surface area contributed by atoms with E-state index < -0.39 is 0 Å². The molecule has 3 heterocycles. The number of hydrogen-bond acceptors (Lipinski definition) is 6. The summed E-state index contributed by atoms with van der Waals surface area (Å²) in [6.45, 7) is 7.47. The molecule has 2 N–H and O–H groups in total. The summed E-state index contributed by atoms with van der Waals surface area (Å²) in [5.41, 5.74) is 2.01. The fourth-order valence-electron chi connectivity index (χ4n) is 5.49. The quantitative estimate of drug-likeness (QED) is 0.591. The molecule has 0 amide bonds. The van der Waals surface area contributed by atoms with Gasteiger partial charge in [-0.15, -0.1) is 0 Å². The average molecular weight is 490 g/mol. The molecule has 6 nitrogen and oxygen atoms in total. The number of benzene rings is 1. The topological polar surface area (TPSA) is 64.5 Å². The SMILES string of the molecule is Cc1cnc(N2CC(C3CCCN(C4CC(CO)C4)C3)C2)nc1NCc1ccc(Cl)cc1Cl. The van der Waals surface area contributed by atoms with Crippen LogP contribution in [-0.4, -0.2) is 58.8 Å². The maximum atomic E-state index is 9.33. The molecule has 1 aromatic carbocycles. The molecule has 2 aromatic rings. The Morgan fingerprint density at radius 1 is 1.15 bits per heavy atom. The number of nitrogens with one attached hydrogen (secondary N) is 1. The number of likely N-dealkylation sites (tertiary alicyclic amines) is 1. The number of piperidine rings is 1.